The number of nitrogens with zero attached hydrogens (tertiary/aromatic N) is 2. The lowest BCUT2D eigenvalue weighted by Crippen LogP contribution is -2.14. The number of benzene rings is 2. The Labute approximate surface area is 228 Å². The lowest BCUT2D eigenvalue weighted by atomic mass is 10.1. The van der Waals surface area contributed by atoms with E-state index in [9.17, 15) is 9.59 Å². The lowest BCUT2D eigenvalue weighted by molar-refractivity contribution is -0.115. The van der Waals surface area contributed by atoms with Crippen LogP contribution in [0.15, 0.2) is 78.3 Å². The number of amides is 1. The number of rotatable bonds is 13. The van der Waals surface area contributed by atoms with Crippen LogP contribution in [0.4, 0.5) is 5.13 Å². The molecule has 0 aliphatic heterocycles. The van der Waals surface area contributed by atoms with E-state index >= 15 is 0 Å². The summed E-state index contributed by atoms with van der Waals surface area (Å²) in [7, 11) is 3.36. The summed E-state index contributed by atoms with van der Waals surface area (Å²) in [4.78, 5) is 22.2. The van der Waals surface area contributed by atoms with Crippen LogP contribution in [0.2, 0.25) is 0 Å². The quantitative estimate of drug-likeness (QED) is 0.147. The first-order valence-electron chi connectivity index (χ1n) is 12.3. The molecular weight excluding hydrogens is 500 g/mol. The van der Waals surface area contributed by atoms with Crippen LogP contribution in [0.1, 0.15) is 35.4 Å². The molecule has 3 aromatic rings. The third kappa shape index (κ3) is 12.2. The Morgan fingerprint density at radius 2 is 1.79 bits per heavy atom. The van der Waals surface area contributed by atoms with Crippen LogP contribution in [0, 0.1) is 0 Å². The number of aldehydes is 1. The first-order chi connectivity index (χ1) is 18.4. The molecule has 1 heterocycles. The van der Waals surface area contributed by atoms with Gasteiger partial charge in [0.15, 0.2) is 0 Å². The maximum absolute atomic E-state index is 12.2. The summed E-state index contributed by atoms with van der Waals surface area (Å²) >= 11 is 1.40. The van der Waals surface area contributed by atoms with Gasteiger partial charge in [0.25, 0.3) is 0 Å². The van der Waals surface area contributed by atoms with E-state index in [0.717, 1.165) is 59.6 Å². The zero-order chi connectivity index (χ0) is 27.6. The van der Waals surface area contributed by atoms with Crippen LogP contribution < -0.4 is 26.8 Å². The molecule has 0 aliphatic carbocycles. The third-order valence-electron chi connectivity index (χ3n) is 5.25. The average molecular weight is 537 g/mol. The van der Waals surface area contributed by atoms with E-state index < -0.39 is 0 Å². The molecule has 2 aromatic carbocycles. The van der Waals surface area contributed by atoms with Crippen molar-refractivity contribution in [3.8, 4) is 5.75 Å². The van der Waals surface area contributed by atoms with E-state index in [-0.39, 0.29) is 12.3 Å². The molecule has 1 amide bonds. The van der Waals surface area contributed by atoms with Gasteiger partial charge in [0.2, 0.25) is 11.0 Å². The number of hydrogen-bond donors (Lipinski definition) is 4. The zero-order valence-corrected chi connectivity index (χ0v) is 22.7. The highest BCUT2D eigenvalue weighted by Crippen LogP contribution is 2.19. The van der Waals surface area contributed by atoms with E-state index in [1.54, 1.807) is 20.2 Å². The van der Waals surface area contributed by atoms with Crippen molar-refractivity contribution in [1.82, 2.24) is 15.5 Å². The molecule has 6 N–H and O–H groups in total. The molecule has 1 aromatic heterocycles. The topological polar surface area (TPSA) is 145 Å². The molecule has 0 fully saturated rings. The van der Waals surface area contributed by atoms with Crippen LogP contribution in [0.25, 0.3) is 0 Å². The summed E-state index contributed by atoms with van der Waals surface area (Å²) in [5.41, 5.74) is 14.3. The number of carbonyl (C=O) groups is 2. The van der Waals surface area contributed by atoms with E-state index in [1.807, 2.05) is 60.7 Å². The van der Waals surface area contributed by atoms with Gasteiger partial charge in [-0.2, -0.15) is 0 Å². The Hall–Kier alpha value is -4.18. The van der Waals surface area contributed by atoms with Crippen molar-refractivity contribution in [3.05, 3.63) is 94.4 Å². The van der Waals surface area contributed by atoms with Gasteiger partial charge in [-0.05, 0) is 54.7 Å². The lowest BCUT2D eigenvalue weighted by Gasteiger charge is -2.04. The molecule has 0 atom stereocenters. The first kappa shape index (κ1) is 30.0. The highest BCUT2D eigenvalue weighted by molar-refractivity contribution is 7.15. The molecular formula is C28H36N6O3S. The zero-order valence-electron chi connectivity index (χ0n) is 21.9. The molecule has 3 rings (SSSR count). The van der Waals surface area contributed by atoms with Crippen molar-refractivity contribution in [2.24, 2.45) is 11.5 Å². The molecule has 0 unspecified atom stereocenters. The Morgan fingerprint density at radius 1 is 1.03 bits per heavy atom. The summed E-state index contributed by atoms with van der Waals surface area (Å²) in [6, 6.07) is 17.1. The molecule has 0 radical (unpaired) electrons. The summed E-state index contributed by atoms with van der Waals surface area (Å²) in [5, 5.41) is 15.2. The second-order valence-corrected chi connectivity index (χ2v) is 9.32. The fourth-order valence-electron chi connectivity index (χ4n) is 3.22. The summed E-state index contributed by atoms with van der Waals surface area (Å²) in [6.07, 6.45) is 8.72. The number of carbonyl (C=O) groups excluding carboxylic acids is 2. The Kier molecular flexibility index (Phi) is 13.7. The number of aryl methyl sites for hydroxylation is 1. The molecule has 0 saturated heterocycles. The van der Waals surface area contributed by atoms with Crippen LogP contribution >= 0.6 is 11.3 Å². The maximum atomic E-state index is 12.2. The van der Waals surface area contributed by atoms with Gasteiger partial charge in [-0.3, -0.25) is 4.79 Å². The molecule has 202 valence electrons. The van der Waals surface area contributed by atoms with E-state index in [2.05, 4.69) is 20.8 Å². The molecule has 0 aliphatic rings. The molecule has 10 heteroatoms. The number of nitrogens with two attached hydrogens (primary N) is 2. The summed E-state index contributed by atoms with van der Waals surface area (Å²) < 4.78 is 5.17. The largest absolute Gasteiger partial charge is 0.497 e. The van der Waals surface area contributed by atoms with Crippen molar-refractivity contribution in [3.63, 3.8) is 0 Å². The standard InChI is InChI=1S/C20H28N6O2S.C8H8O/c1-23-17(22)11-10-15(21)7-3-4-9-19-25-26-20(29-19)24-18(27)13-14-6-5-8-16(12-14)28-2;9-7-6-8-4-2-1-3-5-8/h5-6,8,10-12,23H,3-4,7,9,13,21-22H2,1-2H3,(H,24,26,27);1-5,7H,6H2/b15-10-,17-11+;. The van der Waals surface area contributed by atoms with Crippen LogP contribution in [-0.2, 0) is 28.9 Å². The second kappa shape index (κ2) is 17.3. The Morgan fingerprint density at radius 3 is 2.50 bits per heavy atom. The molecule has 9 nitrogen and oxygen atoms in total. The number of ether oxygens (including phenoxy) is 1. The number of hydrogen-bond acceptors (Lipinski definition) is 9. The van der Waals surface area contributed by atoms with Gasteiger partial charge in [-0.25, -0.2) is 0 Å². The smallest absolute Gasteiger partial charge is 0.230 e. The minimum atomic E-state index is -0.132. The van der Waals surface area contributed by atoms with E-state index in [4.69, 9.17) is 16.2 Å². The molecule has 0 spiro atoms. The number of anilines is 1. The minimum Gasteiger partial charge on any atom is -0.497 e. The van der Waals surface area contributed by atoms with Crippen molar-refractivity contribution in [1.29, 1.82) is 0 Å². The van der Waals surface area contributed by atoms with E-state index in [0.29, 0.717) is 17.4 Å². The van der Waals surface area contributed by atoms with Crippen LogP contribution in [-0.4, -0.2) is 36.5 Å². The first-order valence-corrected chi connectivity index (χ1v) is 13.1. The van der Waals surface area contributed by atoms with Crippen LogP contribution in [0.5, 0.6) is 5.75 Å². The maximum Gasteiger partial charge on any atom is 0.230 e. The van der Waals surface area contributed by atoms with Gasteiger partial charge in [0.1, 0.15) is 17.0 Å². The predicted molar refractivity (Wildman–Crippen MR) is 153 cm³/mol. The van der Waals surface area contributed by atoms with Crippen molar-refractivity contribution in [2.75, 3.05) is 19.5 Å². The number of nitrogens with one attached hydrogen (secondary N) is 2. The van der Waals surface area contributed by atoms with Crippen molar-refractivity contribution < 1.29 is 14.3 Å². The summed E-state index contributed by atoms with van der Waals surface area (Å²) in [6.45, 7) is 0. The number of unbranched alkanes of at least 4 members (excludes halogenated alkanes) is 1. The van der Waals surface area contributed by atoms with Crippen molar-refractivity contribution in [2.45, 2.75) is 38.5 Å². The number of methoxy groups -OCH3 is 1. The average Bonchev–Trinajstić information content (AvgIpc) is 3.37. The highest BCUT2D eigenvalue weighted by Gasteiger charge is 2.09. The Bertz CT molecular complexity index is 1190. The van der Waals surface area contributed by atoms with Gasteiger partial charge in [0.05, 0.1) is 19.4 Å². The fourth-order valence-corrected chi connectivity index (χ4v) is 4.01. The monoisotopic (exact) mass is 536 g/mol. The number of allylic oxidation sites excluding steroid dienone is 3. The SMILES string of the molecule is CN/C(N)=C/C=C(\N)CCCCc1nnc(NC(=O)Cc2cccc(OC)c2)s1.O=CCc1ccccc1. The van der Waals surface area contributed by atoms with Gasteiger partial charge in [-0.1, -0.05) is 53.8 Å². The highest BCUT2D eigenvalue weighted by atomic mass is 32.1. The predicted octanol–water partition coefficient (Wildman–Crippen LogP) is 3.73. The normalized spacial score (nSPS) is 11.2. The number of aromatic nitrogens is 2. The molecule has 38 heavy (non-hydrogen) atoms. The Balaban J connectivity index is 0.000000474. The van der Waals surface area contributed by atoms with Crippen LogP contribution in [0.3, 0.4) is 0 Å². The van der Waals surface area contributed by atoms with Crippen molar-refractivity contribution >= 4 is 28.7 Å². The third-order valence-corrected chi connectivity index (χ3v) is 6.14. The van der Waals surface area contributed by atoms with Gasteiger partial charge >= 0.3 is 0 Å². The minimum absolute atomic E-state index is 0.132. The van der Waals surface area contributed by atoms with Gasteiger partial charge in [0, 0.05) is 25.6 Å². The van der Waals surface area contributed by atoms with Gasteiger partial charge in [-0.15, -0.1) is 10.2 Å². The van der Waals surface area contributed by atoms with E-state index in [1.165, 1.54) is 11.3 Å². The second-order valence-electron chi connectivity index (χ2n) is 8.25. The molecule has 0 saturated carbocycles. The molecule has 0 bridgehead atoms. The fraction of sp³-hybridized carbons (Fsp3) is 0.286. The summed E-state index contributed by atoms with van der Waals surface area (Å²) in [5.74, 6) is 1.17. The van der Waals surface area contributed by atoms with Gasteiger partial charge < -0.3 is 31.6 Å².